The van der Waals surface area contributed by atoms with Crippen LogP contribution >= 0.6 is 0 Å². The van der Waals surface area contributed by atoms with Crippen LogP contribution in [0, 0.1) is 0 Å². The number of nitrogens with zero attached hydrogens (tertiary/aromatic N) is 1. The summed E-state index contributed by atoms with van der Waals surface area (Å²) >= 11 is -3.65. The second kappa shape index (κ2) is 13.8. The molecular formula is C51H50BGeN. The quantitative estimate of drug-likeness (QED) is 0.149. The molecule has 266 valence electrons. The van der Waals surface area contributed by atoms with E-state index in [0.29, 0.717) is 23.7 Å². The molecule has 6 aromatic carbocycles. The number of rotatable bonds is 7. The van der Waals surface area contributed by atoms with Crippen LogP contribution in [0.5, 0.6) is 0 Å². The Morgan fingerprint density at radius 2 is 1.11 bits per heavy atom. The summed E-state index contributed by atoms with van der Waals surface area (Å²) in [5, 5.41) is 0. The minimum atomic E-state index is -3.65. The molecule has 9 rings (SSSR count). The zero-order valence-corrected chi connectivity index (χ0v) is 34.6. The maximum absolute atomic E-state index is 3.65. The first-order valence-corrected chi connectivity index (χ1v) is 24.3. The van der Waals surface area contributed by atoms with Gasteiger partial charge in [-0.1, -0.05) is 0 Å². The van der Waals surface area contributed by atoms with Gasteiger partial charge < -0.3 is 0 Å². The Hall–Kier alpha value is -4.79. The van der Waals surface area contributed by atoms with E-state index in [-0.39, 0.29) is 12.8 Å². The average molecular weight is 760 g/mol. The van der Waals surface area contributed by atoms with Gasteiger partial charge in [0.05, 0.1) is 0 Å². The molecule has 2 atom stereocenters. The SMILES string of the molecule is CC(C)c1cc(C(C)C)c(B2c3cccc[c]3[Ge]([c]3ccccc3)([c]3ccccc3)[c]3cc(N4c5ccccc5C5C=CC=CC54)ccc32)c(C(C)C)c1. The van der Waals surface area contributed by atoms with Crippen LogP contribution in [0.3, 0.4) is 0 Å². The zero-order valence-electron chi connectivity index (χ0n) is 32.5. The fourth-order valence-corrected chi connectivity index (χ4v) is 21.2. The van der Waals surface area contributed by atoms with E-state index >= 15 is 0 Å². The molecule has 3 heteroatoms. The third-order valence-corrected chi connectivity index (χ3v) is 22.8. The molecule has 1 nitrogen and oxygen atoms in total. The predicted octanol–water partition coefficient (Wildman–Crippen LogP) is 7.99. The normalized spacial score (nSPS) is 17.9. The summed E-state index contributed by atoms with van der Waals surface area (Å²) in [6, 6.07) is 54.9. The first-order chi connectivity index (χ1) is 26.3. The Kier molecular flexibility index (Phi) is 8.94. The first-order valence-electron chi connectivity index (χ1n) is 20.1. The molecule has 0 amide bonds. The summed E-state index contributed by atoms with van der Waals surface area (Å²) in [4.78, 5) is 2.63. The molecule has 0 bridgehead atoms. The third kappa shape index (κ3) is 5.35. The number of hydrogen-bond acceptors (Lipinski definition) is 1. The summed E-state index contributed by atoms with van der Waals surface area (Å²) < 4.78 is 6.08. The van der Waals surface area contributed by atoms with E-state index in [1.165, 1.54) is 58.8 Å². The Balaban J connectivity index is 1.41. The van der Waals surface area contributed by atoms with Crippen molar-refractivity contribution in [2.24, 2.45) is 0 Å². The van der Waals surface area contributed by atoms with Gasteiger partial charge in [0.15, 0.2) is 0 Å². The summed E-state index contributed by atoms with van der Waals surface area (Å²) in [6.45, 7) is 14.4. The van der Waals surface area contributed by atoms with E-state index in [0.717, 1.165) is 0 Å². The molecule has 3 aliphatic rings. The van der Waals surface area contributed by atoms with Crippen LogP contribution in [0.25, 0.3) is 0 Å². The van der Waals surface area contributed by atoms with E-state index in [4.69, 9.17) is 0 Å². The molecule has 0 aromatic heterocycles. The average Bonchev–Trinajstić information content (AvgIpc) is 3.54. The van der Waals surface area contributed by atoms with E-state index in [1.54, 1.807) is 8.79 Å². The first kappa shape index (κ1) is 34.9. The van der Waals surface area contributed by atoms with Gasteiger partial charge in [-0.2, -0.15) is 0 Å². The van der Waals surface area contributed by atoms with Gasteiger partial charge >= 0.3 is 328 Å². The maximum atomic E-state index is 2.66. The zero-order chi connectivity index (χ0) is 37.1. The van der Waals surface area contributed by atoms with Crippen molar-refractivity contribution < 1.29 is 0 Å². The van der Waals surface area contributed by atoms with Crippen molar-refractivity contribution in [2.75, 3.05) is 4.90 Å². The number of fused-ring (bicyclic) bond motifs is 5. The second-order valence-corrected chi connectivity index (χ2v) is 24.4. The van der Waals surface area contributed by atoms with Crippen LogP contribution in [0.15, 0.2) is 164 Å². The summed E-state index contributed by atoms with van der Waals surface area (Å²) in [6.07, 6.45) is 9.27. The summed E-state index contributed by atoms with van der Waals surface area (Å²) in [5.74, 6) is 1.60. The number of anilines is 2. The molecule has 0 saturated carbocycles. The predicted molar refractivity (Wildman–Crippen MR) is 237 cm³/mol. The van der Waals surface area contributed by atoms with Crippen molar-refractivity contribution in [2.45, 2.75) is 71.3 Å². The Labute approximate surface area is 325 Å². The molecule has 0 fully saturated rings. The van der Waals surface area contributed by atoms with Crippen molar-refractivity contribution in [3.8, 4) is 0 Å². The van der Waals surface area contributed by atoms with E-state index in [1.807, 2.05) is 0 Å². The van der Waals surface area contributed by atoms with Gasteiger partial charge in [-0.05, 0) is 0 Å². The van der Waals surface area contributed by atoms with Crippen LogP contribution < -0.4 is 38.9 Å². The van der Waals surface area contributed by atoms with Gasteiger partial charge in [0.25, 0.3) is 0 Å². The molecule has 54 heavy (non-hydrogen) atoms. The molecular weight excluding hydrogens is 710 g/mol. The summed E-state index contributed by atoms with van der Waals surface area (Å²) in [7, 11) is 0. The standard InChI is InChI=1S/C51H50BGeN/c1-34(2)37-31-43(35(3)4)51(44(32-37)36(5)6)52-45-25-15-16-26-47(45)53(38-19-9-7-10-20-38,39-21-11-8-12-22-39)48-33-40(29-30-46(48)52)54-49-27-17-13-23-41(49)42-24-14-18-28-50(42)54/h7-36,41,49H,1-6H3. The van der Waals surface area contributed by atoms with E-state index < -0.39 is 13.3 Å². The summed E-state index contributed by atoms with van der Waals surface area (Å²) in [5.41, 5.74) is 12.9. The van der Waals surface area contributed by atoms with E-state index in [2.05, 4.69) is 210 Å². The fraction of sp³-hybridized carbons (Fsp3) is 0.216. The number of allylic oxidation sites excluding steroid dienone is 2. The number of benzene rings is 6. The minimum absolute atomic E-state index is 0.128. The molecule has 1 aliphatic carbocycles. The van der Waals surface area contributed by atoms with Crippen molar-refractivity contribution in [3.63, 3.8) is 0 Å². The molecule has 2 aliphatic heterocycles. The van der Waals surface area contributed by atoms with Crippen molar-refractivity contribution in [1.82, 2.24) is 0 Å². The van der Waals surface area contributed by atoms with Gasteiger partial charge in [-0.15, -0.1) is 0 Å². The molecule has 0 saturated heterocycles. The van der Waals surface area contributed by atoms with Crippen molar-refractivity contribution in [1.29, 1.82) is 0 Å². The molecule has 0 spiro atoms. The van der Waals surface area contributed by atoms with Crippen LogP contribution in [-0.4, -0.2) is 26.0 Å². The van der Waals surface area contributed by atoms with E-state index in [9.17, 15) is 0 Å². The van der Waals surface area contributed by atoms with Crippen molar-refractivity contribution in [3.05, 3.63) is 186 Å². The topological polar surface area (TPSA) is 3.24 Å². The fourth-order valence-electron chi connectivity index (χ4n) is 10.1. The molecule has 6 aromatic rings. The molecule has 0 N–H and O–H groups in total. The van der Waals surface area contributed by atoms with Crippen LogP contribution in [-0.2, 0) is 0 Å². The third-order valence-electron chi connectivity index (χ3n) is 12.5. The van der Waals surface area contributed by atoms with Gasteiger partial charge in [0.2, 0.25) is 0 Å². The van der Waals surface area contributed by atoms with Gasteiger partial charge in [0, 0.05) is 0 Å². The van der Waals surface area contributed by atoms with Crippen LogP contribution in [0.2, 0.25) is 0 Å². The Bertz CT molecular complexity index is 2340. The number of para-hydroxylation sites is 1. The van der Waals surface area contributed by atoms with Crippen LogP contribution in [0.4, 0.5) is 11.4 Å². The van der Waals surface area contributed by atoms with Crippen molar-refractivity contribution >= 4 is 65.3 Å². The molecule has 0 radical (unpaired) electrons. The molecule has 2 unspecified atom stereocenters. The Morgan fingerprint density at radius 1 is 0.537 bits per heavy atom. The van der Waals surface area contributed by atoms with Crippen LogP contribution in [0.1, 0.15) is 87.5 Å². The van der Waals surface area contributed by atoms with Gasteiger partial charge in [-0.3, -0.25) is 0 Å². The second-order valence-electron chi connectivity index (χ2n) is 16.6. The monoisotopic (exact) mass is 761 g/mol. The molecule has 2 heterocycles. The van der Waals surface area contributed by atoms with Gasteiger partial charge in [0.1, 0.15) is 0 Å². The Morgan fingerprint density at radius 3 is 1.76 bits per heavy atom. The van der Waals surface area contributed by atoms with Gasteiger partial charge in [-0.25, -0.2) is 0 Å². The number of hydrogen-bond donors (Lipinski definition) is 0.